The zero-order chi connectivity index (χ0) is 10.4. The van der Waals surface area contributed by atoms with E-state index in [-0.39, 0.29) is 5.95 Å². The summed E-state index contributed by atoms with van der Waals surface area (Å²) < 4.78 is 0. The number of hydrogen-bond donors (Lipinski definition) is 2. The van der Waals surface area contributed by atoms with Crippen molar-refractivity contribution in [1.82, 2.24) is 20.2 Å². The maximum Gasteiger partial charge on any atom is 0.242 e. The summed E-state index contributed by atoms with van der Waals surface area (Å²) in [5.74, 6) is 0.153. The average Bonchev–Trinajstić information content (AvgIpc) is 2.54. The number of nitrogens with zero attached hydrogens (tertiary/aromatic N) is 3. The smallest absolute Gasteiger partial charge is 0.242 e. The molecule has 0 radical (unpaired) electrons. The number of H-pyrrole nitrogens is 1. The van der Waals surface area contributed by atoms with Crippen LogP contribution in [0.5, 0.6) is 0 Å². The third-order valence-electron chi connectivity index (χ3n) is 2.19. The quantitative estimate of drug-likeness (QED) is 0.604. The lowest BCUT2D eigenvalue weighted by Crippen LogP contribution is -1.96. The van der Waals surface area contributed by atoms with E-state index < -0.39 is 0 Å². The van der Waals surface area contributed by atoms with Gasteiger partial charge >= 0.3 is 0 Å². The van der Waals surface area contributed by atoms with Gasteiger partial charge in [-0.25, -0.2) is 0 Å². The van der Waals surface area contributed by atoms with Crippen LogP contribution in [0.2, 0.25) is 5.02 Å². The molecule has 5 nitrogen and oxygen atoms in total. The van der Waals surface area contributed by atoms with Gasteiger partial charge in [-0.15, -0.1) is 10.2 Å². The Kier molecular flexibility index (Phi) is 1.58. The van der Waals surface area contributed by atoms with Gasteiger partial charge in [-0.1, -0.05) is 11.6 Å². The SMILES string of the molecule is Nc1nnc2c(n1)[nH]c1ccc(Cl)cc12. The topological polar surface area (TPSA) is 80.5 Å². The van der Waals surface area contributed by atoms with E-state index in [1.54, 1.807) is 6.07 Å². The molecule has 74 valence electrons. The number of rotatable bonds is 0. The summed E-state index contributed by atoms with van der Waals surface area (Å²) in [4.78, 5) is 7.14. The highest BCUT2D eigenvalue weighted by Crippen LogP contribution is 2.24. The number of anilines is 1. The third kappa shape index (κ3) is 1.20. The Morgan fingerprint density at radius 2 is 2.13 bits per heavy atom. The highest BCUT2D eigenvalue weighted by molar-refractivity contribution is 6.31. The number of nitrogen functional groups attached to an aromatic ring is 1. The van der Waals surface area contributed by atoms with Crippen LogP contribution >= 0.6 is 11.6 Å². The molecule has 15 heavy (non-hydrogen) atoms. The van der Waals surface area contributed by atoms with Crippen molar-refractivity contribution in [3.05, 3.63) is 23.2 Å². The summed E-state index contributed by atoms with van der Waals surface area (Å²) in [6.07, 6.45) is 0. The molecule has 0 atom stereocenters. The van der Waals surface area contributed by atoms with Crippen LogP contribution in [0.15, 0.2) is 18.2 Å². The number of benzene rings is 1. The standard InChI is InChI=1S/C9H6ClN5/c10-4-1-2-6-5(3-4)7-8(12-6)13-9(11)15-14-7/h1-3H,(H3,11,12,13,15). The van der Waals surface area contributed by atoms with Crippen LogP contribution in [0, 0.1) is 0 Å². The number of nitrogens with one attached hydrogen (secondary N) is 1. The van der Waals surface area contributed by atoms with Crippen molar-refractivity contribution in [2.24, 2.45) is 0 Å². The molecule has 3 rings (SSSR count). The van der Waals surface area contributed by atoms with E-state index in [0.717, 1.165) is 10.9 Å². The molecule has 0 saturated carbocycles. The summed E-state index contributed by atoms with van der Waals surface area (Å²) in [5, 5.41) is 9.25. The Balaban J connectivity index is 2.53. The van der Waals surface area contributed by atoms with Crippen LogP contribution in [0.25, 0.3) is 22.1 Å². The number of hydrogen-bond acceptors (Lipinski definition) is 4. The van der Waals surface area contributed by atoms with E-state index in [1.807, 2.05) is 12.1 Å². The second kappa shape index (κ2) is 2.80. The van der Waals surface area contributed by atoms with Crippen molar-refractivity contribution in [3.8, 4) is 0 Å². The van der Waals surface area contributed by atoms with Gasteiger partial charge in [0.2, 0.25) is 5.95 Å². The summed E-state index contributed by atoms with van der Waals surface area (Å²) >= 11 is 5.90. The number of nitrogens with two attached hydrogens (primary N) is 1. The molecule has 0 unspecified atom stereocenters. The van der Waals surface area contributed by atoms with Crippen molar-refractivity contribution in [3.63, 3.8) is 0 Å². The lowest BCUT2D eigenvalue weighted by atomic mass is 10.2. The number of halogens is 1. The van der Waals surface area contributed by atoms with E-state index >= 15 is 0 Å². The lowest BCUT2D eigenvalue weighted by Gasteiger charge is -1.90. The van der Waals surface area contributed by atoms with Gasteiger partial charge in [0.25, 0.3) is 0 Å². The first kappa shape index (κ1) is 8.43. The van der Waals surface area contributed by atoms with E-state index in [1.165, 1.54) is 0 Å². The molecule has 3 N–H and O–H groups in total. The number of aromatic nitrogens is 4. The molecule has 0 fully saturated rings. The average molecular weight is 220 g/mol. The maximum atomic E-state index is 5.90. The number of aromatic amines is 1. The minimum absolute atomic E-state index is 0.153. The van der Waals surface area contributed by atoms with Crippen molar-refractivity contribution < 1.29 is 0 Å². The molecule has 6 heteroatoms. The molecule has 0 aliphatic heterocycles. The molecule has 1 aromatic carbocycles. The fourth-order valence-electron chi connectivity index (χ4n) is 1.56. The Labute approximate surface area is 89.3 Å². The van der Waals surface area contributed by atoms with Crippen molar-refractivity contribution in [1.29, 1.82) is 0 Å². The second-order valence-electron chi connectivity index (χ2n) is 3.18. The molecule has 0 spiro atoms. The largest absolute Gasteiger partial charge is 0.366 e. The molecular formula is C9H6ClN5. The van der Waals surface area contributed by atoms with E-state index in [2.05, 4.69) is 20.2 Å². The Morgan fingerprint density at radius 3 is 3.00 bits per heavy atom. The van der Waals surface area contributed by atoms with Gasteiger partial charge < -0.3 is 10.7 Å². The zero-order valence-electron chi connectivity index (χ0n) is 7.53. The highest BCUT2D eigenvalue weighted by Gasteiger charge is 2.07. The highest BCUT2D eigenvalue weighted by atomic mass is 35.5. The lowest BCUT2D eigenvalue weighted by molar-refractivity contribution is 1.04. The normalized spacial score (nSPS) is 11.3. The van der Waals surface area contributed by atoms with E-state index in [0.29, 0.717) is 16.2 Å². The first-order valence-electron chi connectivity index (χ1n) is 4.31. The number of fused-ring (bicyclic) bond motifs is 3. The van der Waals surface area contributed by atoms with Crippen molar-refractivity contribution >= 4 is 39.6 Å². The minimum atomic E-state index is 0.153. The van der Waals surface area contributed by atoms with Gasteiger partial charge in [-0.3, -0.25) is 0 Å². The monoisotopic (exact) mass is 219 g/mol. The molecule has 0 aliphatic rings. The van der Waals surface area contributed by atoms with Gasteiger partial charge in [0.1, 0.15) is 5.52 Å². The van der Waals surface area contributed by atoms with Crippen molar-refractivity contribution in [2.75, 3.05) is 5.73 Å². The molecule has 0 aliphatic carbocycles. The summed E-state index contributed by atoms with van der Waals surface area (Å²) in [5.41, 5.74) is 7.67. The molecule has 3 aromatic rings. The fraction of sp³-hybridized carbons (Fsp3) is 0. The van der Waals surface area contributed by atoms with Gasteiger partial charge in [0, 0.05) is 15.9 Å². The van der Waals surface area contributed by atoms with E-state index in [4.69, 9.17) is 17.3 Å². The molecular weight excluding hydrogens is 214 g/mol. The minimum Gasteiger partial charge on any atom is -0.366 e. The first-order valence-corrected chi connectivity index (χ1v) is 4.69. The third-order valence-corrected chi connectivity index (χ3v) is 2.43. The van der Waals surface area contributed by atoms with Gasteiger partial charge in [0.15, 0.2) is 5.65 Å². The molecule has 0 bridgehead atoms. The van der Waals surface area contributed by atoms with Crippen LogP contribution in [0.1, 0.15) is 0 Å². The maximum absolute atomic E-state index is 5.90. The second-order valence-corrected chi connectivity index (χ2v) is 3.62. The summed E-state index contributed by atoms with van der Waals surface area (Å²) in [6.45, 7) is 0. The van der Waals surface area contributed by atoms with Crippen LogP contribution in [0.4, 0.5) is 5.95 Å². The summed E-state index contributed by atoms with van der Waals surface area (Å²) in [7, 11) is 0. The first-order chi connectivity index (χ1) is 7.24. The van der Waals surface area contributed by atoms with Gasteiger partial charge in [-0.2, -0.15) is 4.98 Å². The Bertz CT molecular complexity index is 660. The van der Waals surface area contributed by atoms with Crippen LogP contribution in [-0.2, 0) is 0 Å². The molecule has 2 heterocycles. The Hall–Kier alpha value is -1.88. The summed E-state index contributed by atoms with van der Waals surface area (Å²) in [6, 6.07) is 5.50. The fourth-order valence-corrected chi connectivity index (χ4v) is 1.73. The zero-order valence-corrected chi connectivity index (χ0v) is 8.28. The van der Waals surface area contributed by atoms with Crippen LogP contribution in [0.3, 0.4) is 0 Å². The van der Waals surface area contributed by atoms with Crippen LogP contribution < -0.4 is 5.73 Å². The molecule has 0 amide bonds. The predicted molar refractivity (Wildman–Crippen MR) is 58.6 cm³/mol. The molecule has 2 aromatic heterocycles. The van der Waals surface area contributed by atoms with E-state index in [9.17, 15) is 0 Å². The van der Waals surface area contributed by atoms with Gasteiger partial charge in [-0.05, 0) is 18.2 Å². The van der Waals surface area contributed by atoms with Crippen LogP contribution in [-0.4, -0.2) is 20.2 Å². The Morgan fingerprint density at radius 1 is 1.27 bits per heavy atom. The van der Waals surface area contributed by atoms with Crippen molar-refractivity contribution in [2.45, 2.75) is 0 Å². The molecule has 0 saturated heterocycles. The predicted octanol–water partition coefficient (Wildman–Crippen LogP) is 1.74. The van der Waals surface area contributed by atoms with Gasteiger partial charge in [0.05, 0.1) is 0 Å².